The number of nitrogens with zero attached hydrogens (tertiary/aromatic N) is 7. The summed E-state index contributed by atoms with van der Waals surface area (Å²) in [4.78, 5) is 49.8. The van der Waals surface area contributed by atoms with Gasteiger partial charge in [-0.1, -0.05) is 0 Å². The Labute approximate surface area is 213 Å². The van der Waals surface area contributed by atoms with Gasteiger partial charge in [0.25, 0.3) is 5.91 Å². The summed E-state index contributed by atoms with van der Waals surface area (Å²) in [5, 5.41) is 0. The summed E-state index contributed by atoms with van der Waals surface area (Å²) >= 11 is 0. The fraction of sp³-hybridized carbons (Fsp3) is 0.630. The second kappa shape index (κ2) is 11.3. The highest BCUT2D eigenvalue weighted by atomic mass is 16.2. The molecule has 0 N–H and O–H groups in total. The molecular formula is C27H37N7O2. The zero-order valence-electron chi connectivity index (χ0n) is 21.3. The number of rotatable bonds is 5. The molecule has 2 aromatic rings. The van der Waals surface area contributed by atoms with E-state index in [1.165, 1.54) is 6.42 Å². The molecule has 9 heteroatoms. The molecule has 2 amide bonds. The SMILES string of the molecule is Cc1cnc(C(=O)N2CCC([C@@H]3CCCCN3C(=O)CC3CCN(c4ncccn4)CC3)CC2)cn1. The monoisotopic (exact) mass is 491 g/mol. The van der Waals surface area contributed by atoms with Gasteiger partial charge < -0.3 is 14.7 Å². The van der Waals surface area contributed by atoms with E-state index in [2.05, 4.69) is 29.7 Å². The molecule has 0 saturated carbocycles. The zero-order valence-corrected chi connectivity index (χ0v) is 21.3. The summed E-state index contributed by atoms with van der Waals surface area (Å²) < 4.78 is 0. The van der Waals surface area contributed by atoms with Gasteiger partial charge in [-0.15, -0.1) is 0 Å². The van der Waals surface area contributed by atoms with Crippen LogP contribution in [0.4, 0.5) is 5.95 Å². The zero-order chi connectivity index (χ0) is 24.9. The van der Waals surface area contributed by atoms with Gasteiger partial charge in [0, 0.05) is 63.8 Å². The van der Waals surface area contributed by atoms with E-state index in [0.29, 0.717) is 35.9 Å². The van der Waals surface area contributed by atoms with Gasteiger partial charge in [0.1, 0.15) is 5.69 Å². The van der Waals surface area contributed by atoms with Crippen LogP contribution in [0.1, 0.15) is 67.5 Å². The van der Waals surface area contributed by atoms with Crippen molar-refractivity contribution in [2.24, 2.45) is 11.8 Å². The summed E-state index contributed by atoms with van der Waals surface area (Å²) in [7, 11) is 0. The number of piperidine rings is 3. The average Bonchev–Trinajstić information content (AvgIpc) is 2.94. The third-order valence-electron chi connectivity index (χ3n) is 8.15. The Morgan fingerprint density at radius 2 is 1.61 bits per heavy atom. The van der Waals surface area contributed by atoms with Crippen LogP contribution in [-0.2, 0) is 4.79 Å². The van der Waals surface area contributed by atoms with E-state index in [4.69, 9.17) is 0 Å². The van der Waals surface area contributed by atoms with E-state index in [1.807, 2.05) is 17.9 Å². The highest BCUT2D eigenvalue weighted by Crippen LogP contribution is 2.33. The van der Waals surface area contributed by atoms with E-state index in [-0.39, 0.29) is 5.91 Å². The first-order valence-electron chi connectivity index (χ1n) is 13.5. The lowest BCUT2D eigenvalue weighted by Crippen LogP contribution is -2.51. The average molecular weight is 492 g/mol. The number of amides is 2. The van der Waals surface area contributed by atoms with Crippen molar-refractivity contribution in [2.75, 3.05) is 37.6 Å². The lowest BCUT2D eigenvalue weighted by Gasteiger charge is -2.44. The Hall–Kier alpha value is -3.10. The first-order chi connectivity index (χ1) is 17.6. The topological polar surface area (TPSA) is 95.4 Å². The van der Waals surface area contributed by atoms with Gasteiger partial charge in [-0.25, -0.2) is 15.0 Å². The van der Waals surface area contributed by atoms with E-state index < -0.39 is 0 Å². The molecule has 2 aromatic heterocycles. The van der Waals surface area contributed by atoms with Crippen LogP contribution in [0.15, 0.2) is 30.9 Å². The van der Waals surface area contributed by atoms with Crippen molar-refractivity contribution in [1.29, 1.82) is 0 Å². The molecule has 36 heavy (non-hydrogen) atoms. The van der Waals surface area contributed by atoms with Crippen molar-refractivity contribution in [1.82, 2.24) is 29.7 Å². The molecule has 192 valence electrons. The number of carbonyl (C=O) groups is 2. The largest absolute Gasteiger partial charge is 0.341 e. The first-order valence-corrected chi connectivity index (χ1v) is 13.5. The molecule has 0 spiro atoms. The van der Waals surface area contributed by atoms with Crippen LogP contribution in [-0.4, -0.2) is 80.3 Å². The van der Waals surface area contributed by atoms with Crippen LogP contribution in [0.25, 0.3) is 0 Å². The minimum atomic E-state index is -0.0372. The summed E-state index contributed by atoms with van der Waals surface area (Å²) in [6, 6.07) is 2.14. The predicted molar refractivity (Wildman–Crippen MR) is 136 cm³/mol. The number of likely N-dealkylation sites (tertiary alicyclic amines) is 2. The molecule has 1 atom stereocenters. The lowest BCUT2D eigenvalue weighted by molar-refractivity contribution is -0.138. The third-order valence-corrected chi connectivity index (χ3v) is 8.15. The van der Waals surface area contributed by atoms with Gasteiger partial charge >= 0.3 is 0 Å². The van der Waals surface area contributed by atoms with Gasteiger partial charge in [-0.05, 0) is 69.8 Å². The van der Waals surface area contributed by atoms with Crippen LogP contribution in [0, 0.1) is 18.8 Å². The molecule has 0 aromatic carbocycles. The van der Waals surface area contributed by atoms with Crippen molar-refractivity contribution in [3.05, 3.63) is 42.2 Å². The molecule has 0 radical (unpaired) electrons. The predicted octanol–water partition coefficient (Wildman–Crippen LogP) is 3.12. The number of aromatic nitrogens is 4. The van der Waals surface area contributed by atoms with Crippen LogP contribution >= 0.6 is 0 Å². The summed E-state index contributed by atoms with van der Waals surface area (Å²) in [6.45, 7) is 5.99. The Morgan fingerprint density at radius 3 is 2.31 bits per heavy atom. The molecule has 3 aliphatic rings. The Morgan fingerprint density at radius 1 is 0.861 bits per heavy atom. The normalized spacial score (nSPS) is 22.0. The summed E-state index contributed by atoms with van der Waals surface area (Å²) in [5.41, 5.74) is 1.22. The minimum Gasteiger partial charge on any atom is -0.341 e. The van der Waals surface area contributed by atoms with E-state index in [9.17, 15) is 9.59 Å². The number of anilines is 1. The number of carbonyl (C=O) groups excluding carboxylic acids is 2. The number of hydrogen-bond donors (Lipinski definition) is 0. The quantitative estimate of drug-likeness (QED) is 0.634. The van der Waals surface area contributed by atoms with E-state index >= 15 is 0 Å². The summed E-state index contributed by atoms with van der Waals surface area (Å²) in [5.74, 6) is 1.96. The highest BCUT2D eigenvalue weighted by Gasteiger charge is 2.36. The number of hydrogen-bond acceptors (Lipinski definition) is 7. The van der Waals surface area contributed by atoms with Crippen molar-refractivity contribution in [2.45, 2.75) is 64.3 Å². The van der Waals surface area contributed by atoms with Gasteiger partial charge in [-0.3, -0.25) is 14.6 Å². The smallest absolute Gasteiger partial charge is 0.274 e. The maximum atomic E-state index is 13.5. The maximum Gasteiger partial charge on any atom is 0.274 e. The van der Waals surface area contributed by atoms with Crippen LogP contribution < -0.4 is 4.90 Å². The Kier molecular flexibility index (Phi) is 7.72. The van der Waals surface area contributed by atoms with Gasteiger partial charge in [0.2, 0.25) is 11.9 Å². The van der Waals surface area contributed by atoms with Crippen LogP contribution in [0.5, 0.6) is 0 Å². The van der Waals surface area contributed by atoms with Crippen molar-refractivity contribution < 1.29 is 9.59 Å². The molecule has 5 rings (SSSR count). The fourth-order valence-corrected chi connectivity index (χ4v) is 6.07. The van der Waals surface area contributed by atoms with Gasteiger partial charge in [-0.2, -0.15) is 0 Å². The molecule has 0 aliphatic carbocycles. The second-order valence-corrected chi connectivity index (χ2v) is 10.5. The number of aryl methyl sites for hydroxylation is 1. The van der Waals surface area contributed by atoms with Crippen molar-refractivity contribution in [3.63, 3.8) is 0 Å². The highest BCUT2D eigenvalue weighted by molar-refractivity contribution is 5.92. The van der Waals surface area contributed by atoms with E-state index in [0.717, 1.165) is 82.9 Å². The van der Waals surface area contributed by atoms with Crippen molar-refractivity contribution in [3.8, 4) is 0 Å². The second-order valence-electron chi connectivity index (χ2n) is 10.5. The Balaban J connectivity index is 1.13. The lowest BCUT2D eigenvalue weighted by atomic mass is 9.83. The molecule has 0 unspecified atom stereocenters. The van der Waals surface area contributed by atoms with Crippen molar-refractivity contribution >= 4 is 17.8 Å². The Bertz CT molecular complexity index is 1020. The maximum absolute atomic E-state index is 13.5. The molecule has 0 bridgehead atoms. The molecule has 5 heterocycles. The molecule has 9 nitrogen and oxygen atoms in total. The van der Waals surface area contributed by atoms with Gasteiger partial charge in [0.15, 0.2) is 0 Å². The molecule has 3 aliphatic heterocycles. The standard InChI is InChI=1S/C27H37N7O2/c1-20-18-31-23(19-30-20)26(36)32-15-8-22(9-16-32)24-5-2-3-12-34(24)25(35)17-21-6-13-33(14-7-21)27-28-10-4-11-29-27/h4,10-11,18-19,21-22,24H,2-3,5-9,12-17H2,1H3/t24-/m0/s1. The third kappa shape index (κ3) is 5.65. The molecule has 3 saturated heterocycles. The first kappa shape index (κ1) is 24.6. The van der Waals surface area contributed by atoms with Crippen LogP contribution in [0.2, 0.25) is 0 Å². The fourth-order valence-electron chi connectivity index (χ4n) is 6.07. The molecule has 3 fully saturated rings. The summed E-state index contributed by atoms with van der Waals surface area (Å²) in [6.07, 6.45) is 14.7. The van der Waals surface area contributed by atoms with E-state index in [1.54, 1.807) is 24.8 Å². The van der Waals surface area contributed by atoms with Crippen LogP contribution in [0.3, 0.4) is 0 Å². The molecular weight excluding hydrogens is 454 g/mol. The minimum absolute atomic E-state index is 0.0372. The van der Waals surface area contributed by atoms with Gasteiger partial charge in [0.05, 0.1) is 11.9 Å².